The van der Waals surface area contributed by atoms with E-state index in [4.69, 9.17) is 0 Å². The fourth-order valence-corrected chi connectivity index (χ4v) is 6.00. The second kappa shape index (κ2) is 7.79. The van der Waals surface area contributed by atoms with Crippen molar-refractivity contribution in [3.05, 3.63) is 64.2 Å². The molecule has 0 saturated carbocycles. The summed E-state index contributed by atoms with van der Waals surface area (Å²) in [5, 5.41) is 0.0649. The Kier molecular flexibility index (Phi) is 5.41. The number of piperidine rings is 1. The number of pyridine rings is 1. The summed E-state index contributed by atoms with van der Waals surface area (Å²) in [6.07, 6.45) is 2.44. The van der Waals surface area contributed by atoms with Crippen LogP contribution >= 0.6 is 0 Å². The van der Waals surface area contributed by atoms with Gasteiger partial charge >= 0.3 is 0 Å². The molecule has 164 valence electrons. The predicted molar refractivity (Wildman–Crippen MR) is 121 cm³/mol. The lowest BCUT2D eigenvalue weighted by molar-refractivity contribution is 0.354. The van der Waals surface area contributed by atoms with Gasteiger partial charge in [-0.3, -0.25) is 4.79 Å². The van der Waals surface area contributed by atoms with Gasteiger partial charge in [-0.2, -0.15) is 0 Å². The average Bonchev–Trinajstić information content (AvgIpc) is 2.69. The Bertz CT molecular complexity index is 1300. The van der Waals surface area contributed by atoms with Crippen LogP contribution < -0.4 is 10.3 Å². The van der Waals surface area contributed by atoms with Gasteiger partial charge in [-0.25, -0.2) is 12.8 Å². The van der Waals surface area contributed by atoms with Gasteiger partial charge in [-0.05, 0) is 49.4 Å². The van der Waals surface area contributed by atoms with Crippen LogP contribution in [0.3, 0.4) is 0 Å². The molecule has 0 bridgehead atoms. The molecule has 4 rings (SSSR count). The van der Waals surface area contributed by atoms with Crippen LogP contribution in [0.4, 0.5) is 10.1 Å². The molecule has 31 heavy (non-hydrogen) atoms. The van der Waals surface area contributed by atoms with Gasteiger partial charge in [-0.1, -0.05) is 31.5 Å². The molecular weight excluding hydrogens is 415 g/mol. The lowest BCUT2D eigenvalue weighted by Gasteiger charge is -2.36. The minimum Gasteiger partial charge on any atom is -0.369 e. The van der Waals surface area contributed by atoms with Crippen LogP contribution in [0.25, 0.3) is 10.9 Å². The molecule has 2 heterocycles. The van der Waals surface area contributed by atoms with Crippen LogP contribution in [0.1, 0.15) is 25.8 Å². The summed E-state index contributed by atoms with van der Waals surface area (Å²) >= 11 is 0. The molecule has 0 aliphatic carbocycles. The third-order valence-corrected chi connectivity index (χ3v) is 7.82. The van der Waals surface area contributed by atoms with Gasteiger partial charge < -0.3 is 9.47 Å². The molecule has 1 aliphatic heterocycles. The summed E-state index contributed by atoms with van der Waals surface area (Å²) in [4.78, 5) is 14.9. The first-order chi connectivity index (χ1) is 14.6. The first-order valence-corrected chi connectivity index (χ1v) is 12.0. The highest BCUT2D eigenvalue weighted by Gasteiger charge is 2.27. The fourth-order valence-electron chi connectivity index (χ4n) is 4.60. The number of fused-ring (bicyclic) bond motifs is 1. The van der Waals surface area contributed by atoms with Gasteiger partial charge in [0.2, 0.25) is 15.3 Å². The molecule has 0 amide bonds. The maximum Gasteiger partial charge on any atom is 0.211 e. The van der Waals surface area contributed by atoms with E-state index in [0.29, 0.717) is 23.0 Å². The average molecular weight is 443 g/mol. The number of sulfone groups is 1. The van der Waals surface area contributed by atoms with E-state index in [9.17, 15) is 13.2 Å². The van der Waals surface area contributed by atoms with E-state index in [1.165, 1.54) is 24.4 Å². The van der Waals surface area contributed by atoms with Crippen LogP contribution in [-0.2, 0) is 16.9 Å². The molecule has 1 aromatic heterocycles. The van der Waals surface area contributed by atoms with Crippen LogP contribution in [0.2, 0.25) is 0 Å². The van der Waals surface area contributed by atoms with E-state index in [-0.39, 0.29) is 15.2 Å². The van der Waals surface area contributed by atoms with E-state index in [2.05, 4.69) is 13.8 Å². The fraction of sp³-hybridized carbons (Fsp3) is 0.375. The number of nitrogens with zero attached hydrogens (tertiary/aromatic N) is 2. The van der Waals surface area contributed by atoms with Crippen molar-refractivity contribution in [3.8, 4) is 0 Å². The van der Waals surface area contributed by atoms with Crippen molar-refractivity contribution in [1.29, 1.82) is 0 Å². The van der Waals surface area contributed by atoms with E-state index in [1.54, 1.807) is 29.8 Å². The summed E-state index contributed by atoms with van der Waals surface area (Å²) < 4.78 is 43.0. The number of hydrogen-bond acceptors (Lipinski definition) is 4. The Labute approximate surface area is 182 Å². The van der Waals surface area contributed by atoms with Crippen molar-refractivity contribution in [2.75, 3.05) is 18.0 Å². The third-order valence-electron chi connectivity index (χ3n) is 6.05. The highest BCUT2D eigenvalue weighted by molar-refractivity contribution is 7.91. The Morgan fingerprint density at radius 1 is 1.03 bits per heavy atom. The first-order valence-electron chi connectivity index (χ1n) is 10.5. The number of rotatable bonds is 3. The lowest BCUT2D eigenvalue weighted by atomic mass is 9.91. The summed E-state index contributed by atoms with van der Waals surface area (Å²) in [6.45, 7) is 7.66. The number of benzene rings is 2. The monoisotopic (exact) mass is 442 g/mol. The summed E-state index contributed by atoms with van der Waals surface area (Å²) in [7, 11) is -2.34. The maximum atomic E-state index is 15.1. The third kappa shape index (κ3) is 3.87. The van der Waals surface area contributed by atoms with E-state index in [1.807, 2.05) is 11.8 Å². The number of halogens is 1. The van der Waals surface area contributed by atoms with Crippen LogP contribution in [0.5, 0.6) is 0 Å². The van der Waals surface area contributed by atoms with Gasteiger partial charge in [-0.15, -0.1) is 0 Å². The minimum atomic E-state index is -4.02. The van der Waals surface area contributed by atoms with Crippen molar-refractivity contribution < 1.29 is 12.8 Å². The van der Waals surface area contributed by atoms with E-state index in [0.717, 1.165) is 25.1 Å². The zero-order chi connectivity index (χ0) is 22.5. The molecule has 1 saturated heterocycles. The van der Waals surface area contributed by atoms with Gasteiger partial charge in [0, 0.05) is 26.3 Å². The molecule has 1 aliphatic rings. The van der Waals surface area contributed by atoms with Gasteiger partial charge in [0.25, 0.3) is 0 Å². The Hall–Kier alpha value is -2.67. The van der Waals surface area contributed by atoms with E-state index >= 15 is 4.39 Å². The molecular formula is C24H27FN2O3S. The van der Waals surface area contributed by atoms with Crippen molar-refractivity contribution in [1.82, 2.24) is 4.57 Å². The molecule has 2 atom stereocenters. The highest BCUT2D eigenvalue weighted by Crippen LogP contribution is 2.31. The Morgan fingerprint density at radius 2 is 1.65 bits per heavy atom. The SMILES string of the molecule is Cc1ccc(S(=O)(=O)c2cn(C)c3cc(N4CC(C)CC(C)C4)c(F)cc3c2=O)cc1. The number of hydrogen-bond donors (Lipinski definition) is 0. The normalized spacial score (nSPS) is 19.7. The molecule has 0 N–H and O–H groups in total. The van der Waals surface area contributed by atoms with E-state index < -0.39 is 21.1 Å². The zero-order valence-corrected chi connectivity index (χ0v) is 19.0. The Balaban J connectivity index is 1.86. The van der Waals surface area contributed by atoms with Crippen molar-refractivity contribution in [2.24, 2.45) is 18.9 Å². The molecule has 0 spiro atoms. The number of aromatic nitrogens is 1. The topological polar surface area (TPSA) is 59.4 Å². The highest BCUT2D eigenvalue weighted by atomic mass is 32.2. The van der Waals surface area contributed by atoms with Crippen molar-refractivity contribution in [3.63, 3.8) is 0 Å². The van der Waals surface area contributed by atoms with Crippen molar-refractivity contribution >= 4 is 26.4 Å². The van der Waals surface area contributed by atoms with Crippen LogP contribution in [0.15, 0.2) is 57.2 Å². The van der Waals surface area contributed by atoms with Gasteiger partial charge in [0.05, 0.1) is 21.5 Å². The zero-order valence-electron chi connectivity index (χ0n) is 18.2. The van der Waals surface area contributed by atoms with Gasteiger partial charge in [0.15, 0.2) is 0 Å². The number of anilines is 1. The molecule has 0 radical (unpaired) electrons. The van der Waals surface area contributed by atoms with Crippen molar-refractivity contribution in [2.45, 2.75) is 37.0 Å². The molecule has 7 heteroatoms. The Morgan fingerprint density at radius 3 is 2.26 bits per heavy atom. The largest absolute Gasteiger partial charge is 0.369 e. The quantitative estimate of drug-likeness (QED) is 0.607. The number of aryl methyl sites for hydroxylation is 2. The molecule has 5 nitrogen and oxygen atoms in total. The lowest BCUT2D eigenvalue weighted by Crippen LogP contribution is -2.39. The first kappa shape index (κ1) is 21.6. The summed E-state index contributed by atoms with van der Waals surface area (Å²) in [5.41, 5.74) is 1.20. The molecule has 3 aromatic rings. The molecule has 2 aromatic carbocycles. The predicted octanol–water partition coefficient (Wildman–Crippen LogP) is 4.30. The standard InChI is InChI=1S/C24H27FN2O3S/c1-15-5-7-18(8-6-15)31(29,30)23-14-26(4)21-11-22(20(25)10-19(21)24(23)28)27-12-16(2)9-17(3)13-27/h5-8,10-11,14,16-17H,9,12-13H2,1-4H3. The van der Waals surface area contributed by atoms with Crippen LogP contribution in [0, 0.1) is 24.6 Å². The summed E-state index contributed by atoms with van der Waals surface area (Å²) in [5.74, 6) is 0.394. The second-order valence-electron chi connectivity index (χ2n) is 8.92. The maximum absolute atomic E-state index is 15.1. The smallest absolute Gasteiger partial charge is 0.211 e. The van der Waals surface area contributed by atoms with Gasteiger partial charge in [0.1, 0.15) is 10.7 Å². The molecule has 1 fully saturated rings. The minimum absolute atomic E-state index is 0.0444. The summed E-state index contributed by atoms with van der Waals surface area (Å²) in [6, 6.07) is 9.19. The molecule has 2 unspecified atom stereocenters. The second-order valence-corrected chi connectivity index (χ2v) is 10.8. The van der Waals surface area contributed by atoms with Crippen LogP contribution in [-0.4, -0.2) is 26.1 Å².